The molecule has 0 saturated carbocycles. The lowest BCUT2D eigenvalue weighted by Crippen LogP contribution is -2.37. The van der Waals surface area contributed by atoms with Crippen molar-refractivity contribution in [2.24, 2.45) is 0 Å². The molecule has 0 spiro atoms. The lowest BCUT2D eigenvalue weighted by Gasteiger charge is -2.34. The Labute approximate surface area is 259 Å². The average Bonchev–Trinajstić information content (AvgIpc) is 3.04. The maximum absolute atomic E-state index is 15.3. The molecule has 238 valence electrons. The summed E-state index contributed by atoms with van der Waals surface area (Å²) in [5.74, 6) is -0.0888. The SMILES string of the molecule is C=CC(=O)N(C)C.CCN(CC)c1nc(OCCCN2CCOCC2)nc2c1CCN(c1c(F)c(O)cc3ccccc13)C2. The van der Waals surface area contributed by atoms with Gasteiger partial charge in [0.2, 0.25) is 5.91 Å². The number of phenols is 1. The molecule has 10 nitrogen and oxygen atoms in total. The number of fused-ring (bicyclic) bond motifs is 2. The van der Waals surface area contributed by atoms with Gasteiger partial charge in [-0.3, -0.25) is 9.69 Å². The molecule has 1 aromatic heterocycles. The average molecular weight is 609 g/mol. The van der Waals surface area contributed by atoms with Crippen LogP contribution in [0.5, 0.6) is 11.8 Å². The van der Waals surface area contributed by atoms with E-state index in [2.05, 4.69) is 30.2 Å². The molecule has 3 aromatic rings. The zero-order valence-electron chi connectivity index (χ0n) is 26.4. The van der Waals surface area contributed by atoms with E-state index in [1.165, 1.54) is 17.0 Å². The summed E-state index contributed by atoms with van der Waals surface area (Å²) in [6.45, 7) is 15.2. The van der Waals surface area contributed by atoms with E-state index < -0.39 is 5.82 Å². The maximum Gasteiger partial charge on any atom is 0.318 e. The van der Waals surface area contributed by atoms with Crippen LogP contribution in [0.2, 0.25) is 0 Å². The van der Waals surface area contributed by atoms with Crippen LogP contribution in [0, 0.1) is 5.82 Å². The van der Waals surface area contributed by atoms with Crippen LogP contribution in [0.1, 0.15) is 31.5 Å². The monoisotopic (exact) mass is 608 g/mol. The fourth-order valence-corrected chi connectivity index (χ4v) is 5.49. The van der Waals surface area contributed by atoms with Gasteiger partial charge in [0, 0.05) is 64.3 Å². The molecule has 3 heterocycles. The Morgan fingerprint density at radius 3 is 2.55 bits per heavy atom. The van der Waals surface area contributed by atoms with Crippen LogP contribution in [0.25, 0.3) is 10.8 Å². The number of nitrogens with zero attached hydrogens (tertiary/aromatic N) is 6. The maximum atomic E-state index is 15.3. The number of likely N-dealkylation sites (N-methyl/N-ethyl adjacent to an activating group) is 1. The highest BCUT2D eigenvalue weighted by Crippen LogP contribution is 2.39. The predicted octanol–water partition coefficient (Wildman–Crippen LogP) is 4.25. The van der Waals surface area contributed by atoms with Crippen molar-refractivity contribution in [3.05, 3.63) is 60.1 Å². The molecule has 2 aliphatic rings. The number of rotatable bonds is 10. The molecule has 1 amide bonds. The molecule has 0 atom stereocenters. The molecule has 1 fully saturated rings. The lowest BCUT2D eigenvalue weighted by atomic mass is 10.0. The number of aromatic hydroxyl groups is 1. The van der Waals surface area contributed by atoms with E-state index in [9.17, 15) is 9.90 Å². The predicted molar refractivity (Wildman–Crippen MR) is 172 cm³/mol. The first-order chi connectivity index (χ1) is 21.3. The lowest BCUT2D eigenvalue weighted by molar-refractivity contribution is -0.123. The molecule has 44 heavy (non-hydrogen) atoms. The summed E-state index contributed by atoms with van der Waals surface area (Å²) >= 11 is 0. The summed E-state index contributed by atoms with van der Waals surface area (Å²) in [6.07, 6.45) is 2.84. The smallest absolute Gasteiger partial charge is 0.318 e. The fraction of sp³-hybridized carbons (Fsp3) is 0.485. The van der Waals surface area contributed by atoms with Crippen LogP contribution >= 0.6 is 0 Å². The second-order valence-electron chi connectivity index (χ2n) is 11.0. The van der Waals surface area contributed by atoms with Gasteiger partial charge in [-0.05, 0) is 44.2 Å². The molecule has 11 heteroatoms. The third-order valence-corrected chi connectivity index (χ3v) is 7.91. The van der Waals surface area contributed by atoms with Gasteiger partial charge in [0.15, 0.2) is 11.6 Å². The summed E-state index contributed by atoms with van der Waals surface area (Å²) in [7, 11) is 3.37. The number of carbonyl (C=O) groups is 1. The number of hydrogen-bond acceptors (Lipinski definition) is 9. The summed E-state index contributed by atoms with van der Waals surface area (Å²) in [6, 6.07) is 9.41. The topological polar surface area (TPSA) is 94.5 Å². The molecular weight excluding hydrogens is 563 g/mol. The quantitative estimate of drug-likeness (QED) is 0.268. The number of amides is 1. The van der Waals surface area contributed by atoms with Crippen molar-refractivity contribution >= 4 is 28.2 Å². The third kappa shape index (κ3) is 7.95. The van der Waals surface area contributed by atoms with Gasteiger partial charge in [-0.1, -0.05) is 30.8 Å². The number of carbonyl (C=O) groups excluding carboxylic acids is 1. The second-order valence-corrected chi connectivity index (χ2v) is 11.0. The van der Waals surface area contributed by atoms with E-state index >= 15 is 4.39 Å². The van der Waals surface area contributed by atoms with Gasteiger partial charge in [0.05, 0.1) is 37.7 Å². The van der Waals surface area contributed by atoms with Crippen LogP contribution in [0.3, 0.4) is 0 Å². The van der Waals surface area contributed by atoms with Crippen molar-refractivity contribution in [1.29, 1.82) is 0 Å². The molecule has 5 rings (SSSR count). The minimum Gasteiger partial charge on any atom is -0.505 e. The minimum atomic E-state index is -0.597. The molecule has 2 aromatic carbocycles. The van der Waals surface area contributed by atoms with Crippen molar-refractivity contribution < 1.29 is 23.8 Å². The Bertz CT molecular complexity index is 1430. The number of benzene rings is 2. The largest absolute Gasteiger partial charge is 0.505 e. The Morgan fingerprint density at radius 1 is 1.16 bits per heavy atom. The first-order valence-electron chi connectivity index (χ1n) is 15.3. The first-order valence-corrected chi connectivity index (χ1v) is 15.3. The van der Waals surface area contributed by atoms with E-state index in [4.69, 9.17) is 19.4 Å². The molecular formula is C33H45FN6O4. The van der Waals surface area contributed by atoms with Crippen LogP contribution in [-0.4, -0.2) is 104 Å². The second kappa shape index (κ2) is 15.7. The van der Waals surface area contributed by atoms with Crippen LogP contribution in [0.15, 0.2) is 43.0 Å². The molecule has 0 bridgehead atoms. The van der Waals surface area contributed by atoms with Gasteiger partial charge in [-0.25, -0.2) is 4.39 Å². The Morgan fingerprint density at radius 2 is 1.89 bits per heavy atom. The summed E-state index contributed by atoms with van der Waals surface area (Å²) in [4.78, 5) is 28.0. The van der Waals surface area contributed by atoms with Crippen LogP contribution in [-0.2, 0) is 22.5 Å². The number of halogens is 1. The summed E-state index contributed by atoms with van der Waals surface area (Å²) in [5, 5.41) is 11.9. The molecule has 0 radical (unpaired) electrons. The van der Waals surface area contributed by atoms with Crippen molar-refractivity contribution in [2.75, 3.05) is 83.0 Å². The minimum absolute atomic E-state index is 0.0556. The standard InChI is InChI=1S/C28H36FN5O3.C5H9NO/c1-3-33(4-2)27-22-10-12-34(26-21-9-6-5-8-20(21)18-24(35)25(26)29)19-23(22)30-28(31-27)37-15-7-11-32-13-16-36-17-14-32;1-4-5(7)6(2)3/h5-6,8-9,18,35H,3-4,7,10-17,19H2,1-2H3;4H,1H2,2-3H3. The van der Waals surface area contributed by atoms with Crippen molar-refractivity contribution in [2.45, 2.75) is 33.2 Å². The van der Waals surface area contributed by atoms with E-state index in [1.807, 2.05) is 29.2 Å². The molecule has 2 aliphatic heterocycles. The van der Waals surface area contributed by atoms with E-state index in [0.29, 0.717) is 37.8 Å². The third-order valence-electron chi connectivity index (χ3n) is 7.91. The van der Waals surface area contributed by atoms with E-state index in [0.717, 1.165) is 80.2 Å². The number of phenolic OH excluding ortho intramolecular Hbond substituents is 1. The van der Waals surface area contributed by atoms with Crippen LogP contribution < -0.4 is 14.5 Å². The van der Waals surface area contributed by atoms with Gasteiger partial charge in [-0.2, -0.15) is 9.97 Å². The summed E-state index contributed by atoms with van der Waals surface area (Å²) in [5.41, 5.74) is 2.35. The van der Waals surface area contributed by atoms with Crippen molar-refractivity contribution in [3.8, 4) is 11.8 Å². The van der Waals surface area contributed by atoms with E-state index in [-0.39, 0.29) is 11.7 Å². The number of ether oxygens (including phenoxy) is 2. The number of aromatic nitrogens is 2. The van der Waals surface area contributed by atoms with Gasteiger partial charge in [0.1, 0.15) is 5.82 Å². The van der Waals surface area contributed by atoms with Gasteiger partial charge >= 0.3 is 6.01 Å². The van der Waals surface area contributed by atoms with Crippen LogP contribution in [0.4, 0.5) is 15.9 Å². The highest BCUT2D eigenvalue weighted by atomic mass is 19.1. The first kappa shape index (κ1) is 32.9. The molecule has 0 unspecified atom stereocenters. The van der Waals surface area contributed by atoms with Gasteiger partial charge in [0.25, 0.3) is 0 Å². The summed E-state index contributed by atoms with van der Waals surface area (Å²) < 4.78 is 26.8. The number of morpholine rings is 1. The van der Waals surface area contributed by atoms with Gasteiger partial charge < -0.3 is 29.3 Å². The molecule has 0 aliphatic carbocycles. The number of hydrogen-bond donors (Lipinski definition) is 1. The number of anilines is 2. The fourth-order valence-electron chi connectivity index (χ4n) is 5.49. The molecule has 1 N–H and O–H groups in total. The van der Waals surface area contributed by atoms with Crippen molar-refractivity contribution in [3.63, 3.8) is 0 Å². The van der Waals surface area contributed by atoms with Crippen molar-refractivity contribution in [1.82, 2.24) is 19.8 Å². The highest BCUT2D eigenvalue weighted by Gasteiger charge is 2.28. The van der Waals surface area contributed by atoms with Gasteiger partial charge in [-0.15, -0.1) is 0 Å². The Hall–Kier alpha value is -3.96. The normalized spacial score (nSPS) is 14.8. The zero-order valence-corrected chi connectivity index (χ0v) is 26.4. The zero-order chi connectivity index (χ0) is 31.6. The van der Waals surface area contributed by atoms with E-state index in [1.54, 1.807) is 14.1 Å². The highest BCUT2D eigenvalue weighted by molar-refractivity contribution is 5.96. The Balaban J connectivity index is 0.000000566. The Kier molecular flexibility index (Phi) is 11.7. The molecule has 1 saturated heterocycles.